The van der Waals surface area contributed by atoms with Crippen molar-refractivity contribution in [1.29, 1.82) is 0 Å². The molecule has 0 spiro atoms. The standard InChI is InChI=1S/C17H9FN2O/c1-19-16-9-14(15(18)10-20-16)17(21)13-7-6-11-4-2-3-5-12(11)8-13/h2-10H. The molecule has 3 aromatic rings. The Morgan fingerprint density at radius 3 is 2.62 bits per heavy atom. The van der Waals surface area contributed by atoms with Gasteiger partial charge in [0.2, 0.25) is 0 Å². The molecule has 1 aromatic heterocycles. The number of rotatable bonds is 2. The number of ketones is 1. The van der Waals surface area contributed by atoms with Gasteiger partial charge in [-0.1, -0.05) is 43.0 Å². The fourth-order valence-electron chi connectivity index (χ4n) is 2.15. The van der Waals surface area contributed by atoms with Gasteiger partial charge in [-0.2, -0.15) is 0 Å². The van der Waals surface area contributed by atoms with E-state index in [0.29, 0.717) is 5.56 Å². The second kappa shape index (κ2) is 5.14. The Labute approximate surface area is 120 Å². The summed E-state index contributed by atoms with van der Waals surface area (Å²) in [6.07, 6.45) is 0.904. The number of benzene rings is 2. The smallest absolute Gasteiger partial charge is 0.270 e. The van der Waals surface area contributed by atoms with Crippen molar-refractivity contribution in [2.24, 2.45) is 0 Å². The number of hydrogen-bond acceptors (Lipinski definition) is 2. The van der Waals surface area contributed by atoms with Crippen molar-refractivity contribution in [2.75, 3.05) is 0 Å². The maximum absolute atomic E-state index is 13.8. The third-order valence-electron chi connectivity index (χ3n) is 3.21. The molecule has 0 amide bonds. The van der Waals surface area contributed by atoms with E-state index in [0.717, 1.165) is 17.0 Å². The third-order valence-corrected chi connectivity index (χ3v) is 3.21. The molecule has 0 aliphatic rings. The minimum Gasteiger partial charge on any atom is -0.361 e. The van der Waals surface area contributed by atoms with Crippen LogP contribution in [0.25, 0.3) is 15.6 Å². The molecule has 0 radical (unpaired) electrons. The zero-order chi connectivity index (χ0) is 14.8. The van der Waals surface area contributed by atoms with Crippen LogP contribution in [0.5, 0.6) is 0 Å². The van der Waals surface area contributed by atoms with Crippen LogP contribution in [0, 0.1) is 12.4 Å². The van der Waals surface area contributed by atoms with Crippen molar-refractivity contribution >= 4 is 22.4 Å². The van der Waals surface area contributed by atoms with Gasteiger partial charge in [0.05, 0.1) is 5.56 Å². The molecule has 3 nitrogen and oxygen atoms in total. The molecule has 0 unspecified atom stereocenters. The van der Waals surface area contributed by atoms with Gasteiger partial charge in [-0.3, -0.25) is 4.79 Å². The van der Waals surface area contributed by atoms with Crippen molar-refractivity contribution < 1.29 is 9.18 Å². The first-order chi connectivity index (χ1) is 10.2. The molecule has 100 valence electrons. The molecule has 0 aliphatic heterocycles. The highest BCUT2D eigenvalue weighted by molar-refractivity contribution is 6.11. The van der Waals surface area contributed by atoms with Crippen LogP contribution in [-0.4, -0.2) is 10.8 Å². The van der Waals surface area contributed by atoms with Gasteiger partial charge in [0.25, 0.3) is 5.82 Å². The van der Waals surface area contributed by atoms with E-state index in [2.05, 4.69) is 9.83 Å². The molecule has 0 saturated heterocycles. The van der Waals surface area contributed by atoms with Gasteiger partial charge in [-0.25, -0.2) is 4.39 Å². The molecule has 3 rings (SSSR count). The van der Waals surface area contributed by atoms with Crippen molar-refractivity contribution in [3.8, 4) is 0 Å². The minimum atomic E-state index is -0.722. The SMILES string of the molecule is [C-]#[N+]c1cc(C(=O)c2ccc3ccccc3c2)c(F)cn1. The summed E-state index contributed by atoms with van der Waals surface area (Å²) >= 11 is 0. The maximum Gasteiger partial charge on any atom is 0.270 e. The minimum absolute atomic E-state index is 0.000499. The largest absolute Gasteiger partial charge is 0.361 e. The average molecular weight is 276 g/mol. The van der Waals surface area contributed by atoms with Gasteiger partial charge < -0.3 is 4.85 Å². The number of carbonyl (C=O) groups excluding carboxylic acids is 1. The van der Waals surface area contributed by atoms with E-state index >= 15 is 0 Å². The molecule has 1 heterocycles. The monoisotopic (exact) mass is 276 g/mol. The average Bonchev–Trinajstić information content (AvgIpc) is 2.54. The normalized spacial score (nSPS) is 10.3. The highest BCUT2D eigenvalue weighted by Gasteiger charge is 2.16. The Kier molecular flexibility index (Phi) is 3.17. The fraction of sp³-hybridized carbons (Fsp3) is 0. The van der Waals surface area contributed by atoms with Crippen molar-refractivity contribution in [2.45, 2.75) is 0 Å². The van der Waals surface area contributed by atoms with Crippen LogP contribution in [0.15, 0.2) is 54.7 Å². The van der Waals surface area contributed by atoms with Crippen LogP contribution in [0.1, 0.15) is 15.9 Å². The lowest BCUT2D eigenvalue weighted by molar-refractivity contribution is 0.103. The number of hydrogen-bond donors (Lipinski definition) is 0. The van der Waals surface area contributed by atoms with Crippen LogP contribution in [0.2, 0.25) is 0 Å². The fourth-order valence-corrected chi connectivity index (χ4v) is 2.15. The second-order valence-electron chi connectivity index (χ2n) is 4.53. The van der Waals surface area contributed by atoms with Crippen LogP contribution in [0.3, 0.4) is 0 Å². The van der Waals surface area contributed by atoms with Crippen molar-refractivity contribution in [3.63, 3.8) is 0 Å². The predicted octanol–water partition coefficient (Wildman–Crippen LogP) is 4.16. The van der Waals surface area contributed by atoms with Crippen LogP contribution in [0.4, 0.5) is 10.2 Å². The number of fused-ring (bicyclic) bond motifs is 1. The highest BCUT2D eigenvalue weighted by atomic mass is 19.1. The molecule has 0 aliphatic carbocycles. The van der Waals surface area contributed by atoms with Crippen molar-refractivity contribution in [3.05, 3.63) is 83.1 Å². The Balaban J connectivity index is 2.10. The Morgan fingerprint density at radius 2 is 1.86 bits per heavy atom. The molecular formula is C17H9FN2O. The Bertz CT molecular complexity index is 897. The molecule has 0 N–H and O–H groups in total. The summed E-state index contributed by atoms with van der Waals surface area (Å²) < 4.78 is 13.8. The van der Waals surface area contributed by atoms with E-state index in [9.17, 15) is 9.18 Å². The molecule has 2 aromatic carbocycles. The summed E-state index contributed by atoms with van der Waals surface area (Å²) in [6.45, 7) is 6.89. The Hall–Kier alpha value is -3.06. The van der Waals surface area contributed by atoms with Gasteiger partial charge in [0.1, 0.15) is 0 Å². The quantitative estimate of drug-likeness (QED) is 0.520. The maximum atomic E-state index is 13.8. The van der Waals surface area contributed by atoms with Gasteiger partial charge in [0.15, 0.2) is 17.8 Å². The number of pyridine rings is 1. The van der Waals surface area contributed by atoms with E-state index in [-0.39, 0.29) is 11.4 Å². The van der Waals surface area contributed by atoms with E-state index in [4.69, 9.17) is 6.57 Å². The molecule has 0 bridgehead atoms. The summed E-state index contributed by atoms with van der Waals surface area (Å²) in [7, 11) is 0. The first-order valence-electron chi connectivity index (χ1n) is 6.25. The zero-order valence-electron chi connectivity index (χ0n) is 10.9. The van der Waals surface area contributed by atoms with E-state index in [1.165, 1.54) is 6.07 Å². The van der Waals surface area contributed by atoms with Crippen LogP contribution < -0.4 is 0 Å². The summed E-state index contributed by atoms with van der Waals surface area (Å²) in [6, 6.07) is 14.0. The van der Waals surface area contributed by atoms with E-state index in [1.54, 1.807) is 12.1 Å². The number of carbonyl (C=O) groups is 1. The van der Waals surface area contributed by atoms with E-state index < -0.39 is 11.6 Å². The first kappa shape index (κ1) is 12.9. The lowest BCUT2D eigenvalue weighted by Crippen LogP contribution is -2.04. The molecule has 4 heteroatoms. The molecule has 0 fully saturated rings. The molecule has 21 heavy (non-hydrogen) atoms. The zero-order valence-corrected chi connectivity index (χ0v) is 10.9. The van der Waals surface area contributed by atoms with Crippen LogP contribution in [-0.2, 0) is 0 Å². The second-order valence-corrected chi connectivity index (χ2v) is 4.53. The van der Waals surface area contributed by atoms with Gasteiger partial charge in [-0.15, -0.1) is 4.98 Å². The molecule has 0 saturated carbocycles. The van der Waals surface area contributed by atoms with Crippen molar-refractivity contribution in [1.82, 2.24) is 4.98 Å². The number of aromatic nitrogens is 1. The van der Waals surface area contributed by atoms with Gasteiger partial charge in [0, 0.05) is 5.56 Å². The van der Waals surface area contributed by atoms with E-state index in [1.807, 2.05) is 30.3 Å². The molecular weight excluding hydrogens is 267 g/mol. The first-order valence-corrected chi connectivity index (χ1v) is 6.25. The topological polar surface area (TPSA) is 34.3 Å². The number of nitrogens with zero attached hydrogens (tertiary/aromatic N) is 2. The summed E-state index contributed by atoms with van der Waals surface area (Å²) in [5, 5.41) is 1.91. The summed E-state index contributed by atoms with van der Waals surface area (Å²) in [5.74, 6) is -1.17. The number of halogens is 1. The summed E-state index contributed by atoms with van der Waals surface area (Å²) in [4.78, 5) is 19.1. The third kappa shape index (κ3) is 2.37. The lowest BCUT2D eigenvalue weighted by atomic mass is 10.0. The Morgan fingerprint density at radius 1 is 1.10 bits per heavy atom. The summed E-state index contributed by atoms with van der Waals surface area (Å²) in [5.41, 5.74) is 0.251. The predicted molar refractivity (Wildman–Crippen MR) is 77.8 cm³/mol. The highest BCUT2D eigenvalue weighted by Crippen LogP contribution is 2.21. The molecule has 0 atom stereocenters. The van der Waals surface area contributed by atoms with Gasteiger partial charge >= 0.3 is 0 Å². The lowest BCUT2D eigenvalue weighted by Gasteiger charge is -2.04. The van der Waals surface area contributed by atoms with Crippen LogP contribution >= 0.6 is 0 Å². The van der Waals surface area contributed by atoms with Gasteiger partial charge in [-0.05, 0) is 22.9 Å².